The quantitative estimate of drug-likeness (QED) is 0.756. The number of aliphatic hydroxyl groups excluding tert-OH is 1. The van der Waals surface area contributed by atoms with Gasteiger partial charge in [0.1, 0.15) is 5.78 Å². The first-order valence-electron chi connectivity index (χ1n) is 4.54. The number of Topliss-reactive ketones (excluding diaryl/α,β-unsaturated/α-hetero) is 1. The van der Waals surface area contributed by atoms with Crippen LogP contribution in [0.1, 0.15) is 13.3 Å². The zero-order valence-electron chi connectivity index (χ0n) is 8.14. The van der Waals surface area contributed by atoms with Crippen molar-refractivity contribution in [2.75, 3.05) is 5.75 Å². The van der Waals surface area contributed by atoms with Crippen molar-refractivity contribution >= 4 is 17.5 Å². The summed E-state index contributed by atoms with van der Waals surface area (Å²) in [4.78, 5) is 11.8. The summed E-state index contributed by atoms with van der Waals surface area (Å²) in [5.74, 6) is 0.606. The fourth-order valence-electron chi connectivity index (χ4n) is 1.10. The van der Waals surface area contributed by atoms with Crippen molar-refractivity contribution in [1.29, 1.82) is 0 Å². The van der Waals surface area contributed by atoms with Gasteiger partial charge < -0.3 is 5.11 Å². The molecule has 1 atom stereocenters. The number of aliphatic hydroxyl groups is 1. The summed E-state index contributed by atoms with van der Waals surface area (Å²) in [5.41, 5.74) is 0. The maximum absolute atomic E-state index is 10.7. The molecule has 3 heteroatoms. The SMILES string of the molecule is CC(=O)CC(O)CSc1ccccc1. The summed E-state index contributed by atoms with van der Waals surface area (Å²) in [6.07, 6.45) is -0.280. The van der Waals surface area contributed by atoms with Gasteiger partial charge in [-0.25, -0.2) is 0 Å². The van der Waals surface area contributed by atoms with E-state index in [0.717, 1.165) is 4.90 Å². The van der Waals surface area contributed by atoms with E-state index in [2.05, 4.69) is 0 Å². The first kappa shape index (κ1) is 11.3. The Morgan fingerprint density at radius 2 is 2.07 bits per heavy atom. The average molecular weight is 210 g/mol. The van der Waals surface area contributed by atoms with Crippen LogP contribution in [-0.4, -0.2) is 22.7 Å². The number of ketones is 1. The molecular weight excluding hydrogens is 196 g/mol. The van der Waals surface area contributed by atoms with E-state index in [-0.39, 0.29) is 12.2 Å². The molecule has 0 fully saturated rings. The van der Waals surface area contributed by atoms with Crippen molar-refractivity contribution in [1.82, 2.24) is 0 Å². The average Bonchev–Trinajstić information content (AvgIpc) is 2.15. The summed E-state index contributed by atoms with van der Waals surface area (Å²) in [7, 11) is 0. The van der Waals surface area contributed by atoms with E-state index < -0.39 is 6.10 Å². The van der Waals surface area contributed by atoms with Crippen LogP contribution in [0.4, 0.5) is 0 Å². The number of hydrogen-bond acceptors (Lipinski definition) is 3. The molecule has 0 aliphatic heterocycles. The first-order valence-corrected chi connectivity index (χ1v) is 5.52. The van der Waals surface area contributed by atoms with Crippen LogP contribution in [0.5, 0.6) is 0 Å². The van der Waals surface area contributed by atoms with Gasteiger partial charge in [0.15, 0.2) is 0 Å². The van der Waals surface area contributed by atoms with Crippen LogP contribution in [-0.2, 0) is 4.79 Å². The van der Waals surface area contributed by atoms with Crippen LogP contribution < -0.4 is 0 Å². The van der Waals surface area contributed by atoms with Crippen molar-refractivity contribution < 1.29 is 9.90 Å². The lowest BCUT2D eigenvalue weighted by Gasteiger charge is -2.07. The summed E-state index contributed by atoms with van der Waals surface area (Å²) < 4.78 is 0. The van der Waals surface area contributed by atoms with Gasteiger partial charge in [-0.1, -0.05) is 18.2 Å². The zero-order chi connectivity index (χ0) is 10.4. The molecule has 1 rings (SSSR count). The second kappa shape index (κ2) is 5.83. The van der Waals surface area contributed by atoms with Gasteiger partial charge in [-0.05, 0) is 19.1 Å². The standard InChI is InChI=1S/C11H14O2S/c1-9(12)7-10(13)8-14-11-5-3-2-4-6-11/h2-6,10,13H,7-8H2,1H3. The number of carbonyl (C=O) groups excluding carboxylic acids is 1. The molecule has 0 saturated heterocycles. The summed E-state index contributed by atoms with van der Waals surface area (Å²) in [6, 6.07) is 9.85. The first-order chi connectivity index (χ1) is 6.68. The highest BCUT2D eigenvalue weighted by atomic mass is 32.2. The van der Waals surface area contributed by atoms with Gasteiger partial charge in [0.25, 0.3) is 0 Å². The van der Waals surface area contributed by atoms with Crippen molar-refractivity contribution in [3.05, 3.63) is 30.3 Å². The van der Waals surface area contributed by atoms with Crippen LogP contribution in [0.3, 0.4) is 0 Å². The Morgan fingerprint density at radius 3 is 2.64 bits per heavy atom. The maximum Gasteiger partial charge on any atom is 0.132 e. The van der Waals surface area contributed by atoms with Gasteiger partial charge in [-0.2, -0.15) is 0 Å². The van der Waals surface area contributed by atoms with E-state index >= 15 is 0 Å². The van der Waals surface area contributed by atoms with Crippen LogP contribution >= 0.6 is 11.8 Å². The smallest absolute Gasteiger partial charge is 0.132 e. The molecule has 76 valence electrons. The molecule has 1 N–H and O–H groups in total. The molecule has 2 nitrogen and oxygen atoms in total. The molecule has 1 unspecified atom stereocenters. The number of carbonyl (C=O) groups is 1. The largest absolute Gasteiger partial charge is 0.392 e. The molecule has 0 aliphatic rings. The Labute approximate surface area is 88.3 Å². The van der Waals surface area contributed by atoms with Gasteiger partial charge in [-0.15, -0.1) is 11.8 Å². The second-order valence-electron chi connectivity index (χ2n) is 3.18. The van der Waals surface area contributed by atoms with Gasteiger partial charge in [-0.3, -0.25) is 4.79 Å². The molecule has 0 aromatic heterocycles. The zero-order valence-corrected chi connectivity index (χ0v) is 8.96. The van der Waals surface area contributed by atoms with Gasteiger partial charge in [0.05, 0.1) is 6.10 Å². The highest BCUT2D eigenvalue weighted by molar-refractivity contribution is 7.99. The summed E-state index contributed by atoms with van der Waals surface area (Å²) in [5, 5.41) is 9.44. The van der Waals surface area contributed by atoms with E-state index in [1.807, 2.05) is 30.3 Å². The molecule has 0 radical (unpaired) electrons. The minimum Gasteiger partial charge on any atom is -0.392 e. The normalized spacial score (nSPS) is 12.4. The van der Waals surface area contributed by atoms with Crippen LogP contribution in [0.25, 0.3) is 0 Å². The minimum absolute atomic E-state index is 0.0335. The number of thioether (sulfide) groups is 1. The molecule has 0 saturated carbocycles. The van der Waals surface area contributed by atoms with E-state index in [4.69, 9.17) is 0 Å². The number of hydrogen-bond donors (Lipinski definition) is 1. The Hall–Kier alpha value is -0.800. The Morgan fingerprint density at radius 1 is 1.43 bits per heavy atom. The monoisotopic (exact) mass is 210 g/mol. The Bertz CT molecular complexity index is 285. The molecule has 1 aromatic carbocycles. The third kappa shape index (κ3) is 4.44. The van der Waals surface area contributed by atoms with E-state index in [9.17, 15) is 9.90 Å². The van der Waals surface area contributed by atoms with E-state index in [0.29, 0.717) is 5.75 Å². The van der Waals surface area contributed by atoms with Crippen molar-refractivity contribution in [3.8, 4) is 0 Å². The molecule has 0 aliphatic carbocycles. The van der Waals surface area contributed by atoms with E-state index in [1.54, 1.807) is 11.8 Å². The molecule has 0 bridgehead atoms. The Kier molecular flexibility index (Phi) is 4.70. The van der Waals surface area contributed by atoms with Crippen molar-refractivity contribution in [2.45, 2.75) is 24.3 Å². The highest BCUT2D eigenvalue weighted by Crippen LogP contribution is 2.18. The summed E-state index contributed by atoms with van der Waals surface area (Å²) >= 11 is 1.57. The lowest BCUT2D eigenvalue weighted by Crippen LogP contribution is -2.13. The van der Waals surface area contributed by atoms with Gasteiger partial charge >= 0.3 is 0 Å². The predicted octanol–water partition coefficient (Wildman–Crippen LogP) is 2.12. The molecule has 0 amide bonds. The third-order valence-corrected chi connectivity index (χ3v) is 2.87. The Balaban J connectivity index is 2.30. The van der Waals surface area contributed by atoms with Crippen molar-refractivity contribution in [2.24, 2.45) is 0 Å². The van der Waals surface area contributed by atoms with E-state index in [1.165, 1.54) is 6.92 Å². The number of benzene rings is 1. The predicted molar refractivity (Wildman–Crippen MR) is 58.5 cm³/mol. The van der Waals surface area contributed by atoms with Gasteiger partial charge in [0.2, 0.25) is 0 Å². The maximum atomic E-state index is 10.7. The van der Waals surface area contributed by atoms with Crippen molar-refractivity contribution in [3.63, 3.8) is 0 Å². The number of rotatable bonds is 5. The molecule has 14 heavy (non-hydrogen) atoms. The molecule has 0 heterocycles. The van der Waals surface area contributed by atoms with Gasteiger partial charge in [0, 0.05) is 17.1 Å². The molecular formula is C11H14O2S. The van der Waals surface area contributed by atoms with Crippen LogP contribution in [0.15, 0.2) is 35.2 Å². The highest BCUT2D eigenvalue weighted by Gasteiger charge is 2.07. The summed E-state index contributed by atoms with van der Waals surface area (Å²) in [6.45, 7) is 1.50. The lowest BCUT2D eigenvalue weighted by atomic mass is 10.2. The minimum atomic E-state index is -0.530. The fourth-order valence-corrected chi connectivity index (χ4v) is 1.95. The van der Waals surface area contributed by atoms with Crippen LogP contribution in [0, 0.1) is 0 Å². The third-order valence-electron chi connectivity index (χ3n) is 1.71. The fraction of sp³-hybridized carbons (Fsp3) is 0.364. The lowest BCUT2D eigenvalue weighted by molar-refractivity contribution is -0.118. The molecule has 0 spiro atoms. The topological polar surface area (TPSA) is 37.3 Å². The second-order valence-corrected chi connectivity index (χ2v) is 4.28. The molecule has 1 aromatic rings. The van der Waals surface area contributed by atoms with Crippen LogP contribution in [0.2, 0.25) is 0 Å².